The number of hydrogen-bond donors (Lipinski definition) is 2. The number of amides is 1. The third-order valence-electron chi connectivity index (χ3n) is 6.84. The number of halogens is 2. The minimum absolute atomic E-state index is 0.0741. The van der Waals surface area contributed by atoms with E-state index in [2.05, 4.69) is 16.0 Å². The van der Waals surface area contributed by atoms with Crippen LogP contribution < -0.4 is 10.9 Å². The summed E-state index contributed by atoms with van der Waals surface area (Å²) in [6, 6.07) is 13.5. The molecular weight excluding hydrogens is 436 g/mol. The van der Waals surface area contributed by atoms with Gasteiger partial charge in [0, 0.05) is 36.9 Å². The van der Waals surface area contributed by atoms with Crippen molar-refractivity contribution in [1.29, 1.82) is 0 Å². The van der Waals surface area contributed by atoms with Crippen molar-refractivity contribution in [2.45, 2.75) is 50.6 Å². The Bertz CT molecular complexity index is 1190. The molecule has 6 nitrogen and oxygen atoms in total. The van der Waals surface area contributed by atoms with Gasteiger partial charge in [-0.2, -0.15) is 5.10 Å². The number of nitrogens with zero attached hydrogens (tertiary/aromatic N) is 3. The molecule has 1 aliphatic heterocycles. The molecule has 1 aromatic heterocycles. The van der Waals surface area contributed by atoms with E-state index in [4.69, 9.17) is 0 Å². The highest BCUT2D eigenvalue weighted by atomic mass is 19.1. The van der Waals surface area contributed by atoms with Crippen molar-refractivity contribution in [2.24, 2.45) is 0 Å². The molecule has 0 bridgehead atoms. The SMILES string of the molecule is CN(CCCC1CC(c2cccc(F)c2)NN1)C(=O)c1nn(-c2ccccc2F)c2c1CCC2. The fourth-order valence-corrected chi connectivity index (χ4v) is 5.04. The van der Waals surface area contributed by atoms with Crippen molar-refractivity contribution in [3.05, 3.63) is 82.7 Å². The highest BCUT2D eigenvalue weighted by molar-refractivity contribution is 5.94. The van der Waals surface area contributed by atoms with Gasteiger partial charge >= 0.3 is 0 Å². The zero-order valence-electron chi connectivity index (χ0n) is 19.2. The molecule has 2 aromatic carbocycles. The normalized spacial score (nSPS) is 19.4. The zero-order chi connectivity index (χ0) is 23.7. The van der Waals surface area contributed by atoms with Crippen LogP contribution in [0.3, 0.4) is 0 Å². The molecule has 1 saturated heterocycles. The molecular formula is C26H29F2N5O. The number of nitrogens with one attached hydrogen (secondary N) is 2. The fourth-order valence-electron chi connectivity index (χ4n) is 5.04. The Morgan fingerprint density at radius 1 is 1.15 bits per heavy atom. The number of carbonyl (C=O) groups is 1. The molecule has 2 aliphatic rings. The molecule has 178 valence electrons. The number of para-hydroxylation sites is 1. The smallest absolute Gasteiger partial charge is 0.274 e. The van der Waals surface area contributed by atoms with Crippen LogP contribution in [0.25, 0.3) is 5.69 Å². The van der Waals surface area contributed by atoms with Gasteiger partial charge in [-0.3, -0.25) is 15.6 Å². The van der Waals surface area contributed by atoms with E-state index in [9.17, 15) is 13.6 Å². The first-order chi connectivity index (χ1) is 16.5. The highest BCUT2D eigenvalue weighted by Gasteiger charge is 2.30. The van der Waals surface area contributed by atoms with E-state index in [-0.39, 0.29) is 29.6 Å². The molecule has 2 heterocycles. The van der Waals surface area contributed by atoms with Gasteiger partial charge in [0.25, 0.3) is 5.91 Å². The maximum absolute atomic E-state index is 14.4. The maximum Gasteiger partial charge on any atom is 0.274 e. The Kier molecular flexibility index (Phi) is 6.43. The molecule has 0 radical (unpaired) electrons. The molecule has 1 fully saturated rings. The first-order valence-corrected chi connectivity index (χ1v) is 11.9. The van der Waals surface area contributed by atoms with Crippen LogP contribution in [-0.4, -0.2) is 40.2 Å². The lowest BCUT2D eigenvalue weighted by atomic mass is 9.99. The van der Waals surface area contributed by atoms with Crippen LogP contribution in [0.4, 0.5) is 8.78 Å². The topological polar surface area (TPSA) is 62.2 Å². The molecule has 34 heavy (non-hydrogen) atoms. The number of benzene rings is 2. The molecule has 8 heteroatoms. The number of hydrogen-bond acceptors (Lipinski definition) is 4. The summed E-state index contributed by atoms with van der Waals surface area (Å²) >= 11 is 0. The lowest BCUT2D eigenvalue weighted by Gasteiger charge is -2.18. The van der Waals surface area contributed by atoms with Crippen molar-refractivity contribution in [3.63, 3.8) is 0 Å². The van der Waals surface area contributed by atoms with Gasteiger partial charge in [0.15, 0.2) is 5.69 Å². The van der Waals surface area contributed by atoms with Crippen molar-refractivity contribution in [1.82, 2.24) is 25.5 Å². The highest BCUT2D eigenvalue weighted by Crippen LogP contribution is 2.29. The van der Waals surface area contributed by atoms with Crippen molar-refractivity contribution >= 4 is 5.91 Å². The van der Waals surface area contributed by atoms with Gasteiger partial charge in [0.05, 0.1) is 0 Å². The summed E-state index contributed by atoms with van der Waals surface area (Å²) in [6.45, 7) is 0.600. The lowest BCUT2D eigenvalue weighted by molar-refractivity contribution is 0.0784. The number of rotatable bonds is 7. The zero-order valence-corrected chi connectivity index (χ0v) is 19.2. The largest absolute Gasteiger partial charge is 0.340 e. The Labute approximate surface area is 197 Å². The van der Waals surface area contributed by atoms with Crippen LogP contribution in [0.1, 0.15) is 59.0 Å². The summed E-state index contributed by atoms with van der Waals surface area (Å²) in [7, 11) is 1.79. The third-order valence-corrected chi connectivity index (χ3v) is 6.84. The van der Waals surface area contributed by atoms with Crippen molar-refractivity contribution in [2.75, 3.05) is 13.6 Å². The van der Waals surface area contributed by atoms with Gasteiger partial charge in [-0.05, 0) is 68.4 Å². The molecule has 5 rings (SSSR count). The van der Waals surface area contributed by atoms with Gasteiger partial charge < -0.3 is 4.90 Å². The summed E-state index contributed by atoms with van der Waals surface area (Å²) < 4.78 is 29.5. The van der Waals surface area contributed by atoms with E-state index in [1.54, 1.807) is 47.0 Å². The first kappa shape index (κ1) is 22.7. The molecule has 3 aromatic rings. The minimum atomic E-state index is -0.346. The second kappa shape index (κ2) is 9.64. The number of fused-ring (bicyclic) bond motifs is 1. The van der Waals surface area contributed by atoms with Crippen LogP contribution in [0.15, 0.2) is 48.5 Å². The summed E-state index contributed by atoms with van der Waals surface area (Å²) in [6.07, 6.45) is 5.10. The molecule has 1 aliphatic carbocycles. The Morgan fingerprint density at radius 3 is 2.82 bits per heavy atom. The van der Waals surface area contributed by atoms with E-state index in [1.807, 2.05) is 6.07 Å². The minimum Gasteiger partial charge on any atom is -0.340 e. The average molecular weight is 466 g/mol. The van der Waals surface area contributed by atoms with E-state index in [0.717, 1.165) is 55.3 Å². The summed E-state index contributed by atoms with van der Waals surface area (Å²) in [5.41, 5.74) is 10.2. The molecule has 1 amide bonds. The second-order valence-electron chi connectivity index (χ2n) is 9.19. The molecule has 2 unspecified atom stereocenters. The average Bonchev–Trinajstić information content (AvgIpc) is 3.56. The van der Waals surface area contributed by atoms with Gasteiger partial charge in [0.1, 0.15) is 17.3 Å². The lowest BCUT2D eigenvalue weighted by Crippen LogP contribution is -2.33. The molecule has 2 N–H and O–H groups in total. The third kappa shape index (κ3) is 4.48. The van der Waals surface area contributed by atoms with E-state index in [1.165, 1.54) is 12.1 Å². The fraction of sp³-hybridized carbons (Fsp3) is 0.385. The van der Waals surface area contributed by atoms with Crippen molar-refractivity contribution < 1.29 is 13.6 Å². The van der Waals surface area contributed by atoms with E-state index < -0.39 is 0 Å². The quantitative estimate of drug-likeness (QED) is 0.552. The van der Waals surface area contributed by atoms with Crippen LogP contribution in [0.5, 0.6) is 0 Å². The van der Waals surface area contributed by atoms with Crippen LogP contribution in [0, 0.1) is 11.6 Å². The van der Waals surface area contributed by atoms with E-state index in [0.29, 0.717) is 17.9 Å². The summed E-state index contributed by atoms with van der Waals surface area (Å²) in [5.74, 6) is -0.698. The van der Waals surface area contributed by atoms with Crippen LogP contribution in [0.2, 0.25) is 0 Å². The Morgan fingerprint density at radius 2 is 2.00 bits per heavy atom. The summed E-state index contributed by atoms with van der Waals surface area (Å²) in [4.78, 5) is 14.9. The predicted octanol–water partition coefficient (Wildman–Crippen LogP) is 4.10. The second-order valence-corrected chi connectivity index (χ2v) is 9.19. The van der Waals surface area contributed by atoms with Gasteiger partial charge in [-0.1, -0.05) is 24.3 Å². The Hall–Kier alpha value is -3.10. The molecule has 0 spiro atoms. The van der Waals surface area contributed by atoms with Crippen LogP contribution >= 0.6 is 0 Å². The Balaban J connectivity index is 1.20. The summed E-state index contributed by atoms with van der Waals surface area (Å²) in [5, 5.41) is 4.55. The number of aromatic nitrogens is 2. The van der Waals surface area contributed by atoms with E-state index >= 15 is 0 Å². The monoisotopic (exact) mass is 465 g/mol. The molecule has 2 atom stereocenters. The van der Waals surface area contributed by atoms with Crippen molar-refractivity contribution in [3.8, 4) is 5.69 Å². The maximum atomic E-state index is 14.4. The van der Waals surface area contributed by atoms with Gasteiger partial charge in [-0.25, -0.2) is 13.5 Å². The standard InChI is InChI=1S/C26H29F2N5O/c1-32(14-6-9-19-16-22(30-29-19)17-7-4-8-18(27)15-17)26(34)25-20-10-5-13-23(20)33(31-25)24-12-3-2-11-21(24)28/h2-4,7-8,11-12,15,19,22,29-30H,5-6,9-10,13-14,16H2,1H3. The van der Waals surface area contributed by atoms with Gasteiger partial charge in [0.2, 0.25) is 0 Å². The van der Waals surface area contributed by atoms with Crippen LogP contribution in [-0.2, 0) is 12.8 Å². The molecule has 0 saturated carbocycles. The van der Waals surface area contributed by atoms with Gasteiger partial charge in [-0.15, -0.1) is 0 Å². The first-order valence-electron chi connectivity index (χ1n) is 11.9. The predicted molar refractivity (Wildman–Crippen MR) is 126 cm³/mol. The number of carbonyl (C=O) groups excluding carboxylic acids is 1. The number of hydrazine groups is 1.